The Morgan fingerprint density at radius 3 is 2.87 bits per heavy atom. The fourth-order valence-corrected chi connectivity index (χ4v) is 2.27. The van der Waals surface area contributed by atoms with Gasteiger partial charge in [0.2, 0.25) is 0 Å². The number of hydrogen-bond donors (Lipinski definition) is 1. The van der Waals surface area contributed by atoms with Crippen LogP contribution in [0.4, 0.5) is 0 Å². The number of carboxylic acid groups (broad SMARTS) is 1. The van der Waals surface area contributed by atoms with E-state index < -0.39 is 5.97 Å². The molecule has 0 amide bonds. The molecule has 0 saturated heterocycles. The van der Waals surface area contributed by atoms with E-state index in [0.717, 1.165) is 5.90 Å². The van der Waals surface area contributed by atoms with Gasteiger partial charge in [0.15, 0.2) is 5.90 Å². The average molecular weight is 211 g/mol. The molecule has 1 atom stereocenters. The molecule has 1 aliphatic carbocycles. The Morgan fingerprint density at radius 1 is 1.47 bits per heavy atom. The van der Waals surface area contributed by atoms with Crippen molar-refractivity contribution >= 4 is 11.9 Å². The molecule has 84 valence electrons. The average Bonchev–Trinajstić information content (AvgIpc) is 2.85. The fourth-order valence-electron chi connectivity index (χ4n) is 2.27. The molecule has 1 N–H and O–H groups in total. The van der Waals surface area contributed by atoms with Crippen molar-refractivity contribution < 1.29 is 14.6 Å². The molecule has 0 aromatic carbocycles. The third-order valence-electron chi connectivity index (χ3n) is 3.13. The summed E-state index contributed by atoms with van der Waals surface area (Å²) in [7, 11) is 0. The highest BCUT2D eigenvalue weighted by Gasteiger charge is 2.28. The Morgan fingerprint density at radius 2 is 2.20 bits per heavy atom. The topological polar surface area (TPSA) is 58.9 Å². The Kier molecular flexibility index (Phi) is 3.23. The van der Waals surface area contributed by atoms with Crippen LogP contribution in [0.1, 0.15) is 38.5 Å². The second-order valence-corrected chi connectivity index (χ2v) is 4.35. The molecule has 0 aromatic heterocycles. The van der Waals surface area contributed by atoms with Crippen LogP contribution in [0.25, 0.3) is 0 Å². The van der Waals surface area contributed by atoms with Gasteiger partial charge < -0.3 is 9.84 Å². The zero-order valence-corrected chi connectivity index (χ0v) is 8.82. The Balaban J connectivity index is 1.82. The van der Waals surface area contributed by atoms with Gasteiger partial charge in [-0.15, -0.1) is 0 Å². The summed E-state index contributed by atoms with van der Waals surface area (Å²) in [5.74, 6) is 0.655. The summed E-state index contributed by atoms with van der Waals surface area (Å²) in [5, 5.41) is 8.56. The number of nitrogens with zero attached hydrogens (tertiary/aromatic N) is 1. The molecule has 15 heavy (non-hydrogen) atoms. The van der Waals surface area contributed by atoms with Gasteiger partial charge in [0.25, 0.3) is 0 Å². The lowest BCUT2D eigenvalue weighted by Gasteiger charge is -2.06. The summed E-state index contributed by atoms with van der Waals surface area (Å²) in [6, 6.07) is 0.0803. The van der Waals surface area contributed by atoms with E-state index in [0.29, 0.717) is 18.9 Å². The minimum absolute atomic E-state index is 0.0803. The third-order valence-corrected chi connectivity index (χ3v) is 3.13. The minimum Gasteiger partial charge on any atom is -0.481 e. The van der Waals surface area contributed by atoms with Gasteiger partial charge in [0, 0.05) is 12.3 Å². The first kappa shape index (κ1) is 10.5. The van der Waals surface area contributed by atoms with E-state index in [9.17, 15) is 4.79 Å². The van der Waals surface area contributed by atoms with Crippen molar-refractivity contribution in [2.75, 3.05) is 6.61 Å². The lowest BCUT2D eigenvalue weighted by molar-refractivity contribution is -0.137. The predicted octanol–water partition coefficient (Wildman–Crippen LogP) is 1.84. The van der Waals surface area contributed by atoms with Crippen LogP contribution in [-0.4, -0.2) is 29.6 Å². The molecule has 2 rings (SSSR count). The Hall–Kier alpha value is -1.06. The number of carbonyl (C=O) groups is 1. The van der Waals surface area contributed by atoms with Gasteiger partial charge in [-0.05, 0) is 19.3 Å². The monoisotopic (exact) mass is 211 g/mol. The van der Waals surface area contributed by atoms with Crippen molar-refractivity contribution in [3.05, 3.63) is 0 Å². The molecular formula is C11H17NO3. The molecule has 1 saturated carbocycles. The minimum atomic E-state index is -0.750. The van der Waals surface area contributed by atoms with Crippen molar-refractivity contribution in [1.29, 1.82) is 0 Å². The molecule has 4 heteroatoms. The number of hydrogen-bond acceptors (Lipinski definition) is 3. The highest BCUT2D eigenvalue weighted by atomic mass is 16.5. The second-order valence-electron chi connectivity index (χ2n) is 4.35. The maximum absolute atomic E-state index is 10.4. The molecule has 0 aromatic rings. The number of aliphatic imine (C=N–C) groups is 1. The molecule has 1 heterocycles. The molecular weight excluding hydrogens is 194 g/mol. The van der Waals surface area contributed by atoms with E-state index in [4.69, 9.17) is 9.84 Å². The first-order chi connectivity index (χ1) is 7.25. The van der Waals surface area contributed by atoms with Crippen LogP contribution >= 0.6 is 0 Å². The molecule has 4 nitrogen and oxygen atoms in total. The van der Waals surface area contributed by atoms with Crippen LogP contribution in [0.3, 0.4) is 0 Å². The molecule has 0 spiro atoms. The summed E-state index contributed by atoms with van der Waals surface area (Å²) in [4.78, 5) is 14.9. The largest absolute Gasteiger partial charge is 0.481 e. The Labute approximate surface area is 89.3 Å². The van der Waals surface area contributed by atoms with Crippen molar-refractivity contribution in [2.45, 2.75) is 44.6 Å². The van der Waals surface area contributed by atoms with Crippen molar-refractivity contribution in [1.82, 2.24) is 0 Å². The Bertz CT molecular complexity index is 269. The molecule has 0 radical (unpaired) electrons. The molecule has 1 unspecified atom stereocenters. The lowest BCUT2D eigenvalue weighted by Crippen LogP contribution is -2.11. The van der Waals surface area contributed by atoms with Gasteiger partial charge in [0.1, 0.15) is 6.61 Å². The smallest absolute Gasteiger partial charge is 0.303 e. The maximum Gasteiger partial charge on any atom is 0.303 e. The standard InChI is InChI=1S/C11H17NO3/c13-10(14)6-5-9-7-15-11(12-9)8-3-1-2-4-8/h8-9H,1-7H2,(H,13,14). The maximum atomic E-state index is 10.4. The van der Waals surface area contributed by atoms with Gasteiger partial charge in [-0.3, -0.25) is 4.79 Å². The van der Waals surface area contributed by atoms with E-state index in [2.05, 4.69) is 4.99 Å². The molecule has 1 aliphatic heterocycles. The zero-order chi connectivity index (χ0) is 10.7. The van der Waals surface area contributed by atoms with Crippen molar-refractivity contribution in [2.24, 2.45) is 10.9 Å². The van der Waals surface area contributed by atoms with Crippen LogP contribution < -0.4 is 0 Å². The SMILES string of the molecule is O=C(O)CCC1COC(C2CCCC2)=N1. The van der Waals surface area contributed by atoms with Crippen LogP contribution in [0.5, 0.6) is 0 Å². The third kappa shape index (κ3) is 2.70. The van der Waals surface area contributed by atoms with Crippen LogP contribution in [0, 0.1) is 5.92 Å². The van der Waals surface area contributed by atoms with Gasteiger partial charge in [-0.2, -0.15) is 0 Å². The quantitative estimate of drug-likeness (QED) is 0.771. The van der Waals surface area contributed by atoms with Gasteiger partial charge >= 0.3 is 5.97 Å². The first-order valence-corrected chi connectivity index (χ1v) is 5.68. The first-order valence-electron chi connectivity index (χ1n) is 5.68. The van der Waals surface area contributed by atoms with Crippen molar-refractivity contribution in [3.63, 3.8) is 0 Å². The summed E-state index contributed by atoms with van der Waals surface area (Å²) in [6.07, 6.45) is 5.70. The van der Waals surface area contributed by atoms with Crippen molar-refractivity contribution in [3.8, 4) is 0 Å². The fraction of sp³-hybridized carbons (Fsp3) is 0.818. The van der Waals surface area contributed by atoms with E-state index in [-0.39, 0.29) is 12.5 Å². The number of ether oxygens (including phenoxy) is 1. The van der Waals surface area contributed by atoms with Gasteiger partial charge in [0.05, 0.1) is 6.04 Å². The number of rotatable bonds is 4. The lowest BCUT2D eigenvalue weighted by atomic mass is 10.1. The van der Waals surface area contributed by atoms with E-state index in [1.54, 1.807) is 0 Å². The van der Waals surface area contributed by atoms with Gasteiger partial charge in [-0.1, -0.05) is 12.8 Å². The molecule has 2 aliphatic rings. The summed E-state index contributed by atoms with van der Waals surface area (Å²) < 4.78 is 5.54. The van der Waals surface area contributed by atoms with E-state index in [1.165, 1.54) is 25.7 Å². The highest BCUT2D eigenvalue weighted by molar-refractivity contribution is 5.80. The number of carboxylic acids is 1. The molecule has 1 fully saturated rings. The highest BCUT2D eigenvalue weighted by Crippen LogP contribution is 2.29. The normalized spacial score (nSPS) is 26.4. The number of aliphatic carboxylic acids is 1. The summed E-state index contributed by atoms with van der Waals surface area (Å²) in [5.41, 5.74) is 0. The predicted molar refractivity (Wildman–Crippen MR) is 56.0 cm³/mol. The van der Waals surface area contributed by atoms with E-state index >= 15 is 0 Å². The second kappa shape index (κ2) is 4.64. The van der Waals surface area contributed by atoms with E-state index in [1.807, 2.05) is 0 Å². The zero-order valence-electron chi connectivity index (χ0n) is 8.82. The molecule has 0 bridgehead atoms. The summed E-state index contributed by atoms with van der Waals surface area (Å²) >= 11 is 0. The van der Waals surface area contributed by atoms with Crippen LogP contribution in [-0.2, 0) is 9.53 Å². The summed E-state index contributed by atoms with van der Waals surface area (Å²) in [6.45, 7) is 0.582. The van der Waals surface area contributed by atoms with Crippen LogP contribution in [0.15, 0.2) is 4.99 Å². The van der Waals surface area contributed by atoms with Gasteiger partial charge in [-0.25, -0.2) is 4.99 Å². The van der Waals surface area contributed by atoms with Crippen LogP contribution in [0.2, 0.25) is 0 Å².